The molecule has 32 heavy (non-hydrogen) atoms. The van der Waals surface area contributed by atoms with Crippen LogP contribution in [0, 0.1) is 6.92 Å². The van der Waals surface area contributed by atoms with Crippen LogP contribution in [0.2, 0.25) is 0 Å². The summed E-state index contributed by atoms with van der Waals surface area (Å²) in [6, 6.07) is 16.1. The van der Waals surface area contributed by atoms with E-state index < -0.39 is 18.0 Å². The Bertz CT molecular complexity index is 1300. The summed E-state index contributed by atoms with van der Waals surface area (Å²) < 4.78 is 27.0. The van der Waals surface area contributed by atoms with Gasteiger partial charge in [0.1, 0.15) is 11.4 Å². The van der Waals surface area contributed by atoms with E-state index in [4.69, 9.17) is 0 Å². The van der Waals surface area contributed by atoms with E-state index in [1.54, 1.807) is 12.1 Å². The molecule has 1 amide bonds. The predicted molar refractivity (Wildman–Crippen MR) is 118 cm³/mol. The van der Waals surface area contributed by atoms with Crippen molar-refractivity contribution in [2.24, 2.45) is 7.05 Å². The number of nitrogens with one attached hydrogen (secondary N) is 1. The summed E-state index contributed by atoms with van der Waals surface area (Å²) in [6.45, 7) is 1.80. The Labute approximate surface area is 183 Å². The second-order valence-corrected chi connectivity index (χ2v) is 7.56. The number of fused-ring (bicyclic) bond motifs is 1. The molecule has 2 aromatic carbocycles. The van der Waals surface area contributed by atoms with Crippen molar-refractivity contribution >= 4 is 22.5 Å². The van der Waals surface area contributed by atoms with Gasteiger partial charge in [0.15, 0.2) is 0 Å². The quantitative estimate of drug-likeness (QED) is 0.465. The number of benzene rings is 2. The molecule has 0 radical (unpaired) electrons. The number of carbonyl (C=O) groups is 1. The number of hydrogen-bond donors (Lipinski definition) is 2. The summed E-state index contributed by atoms with van der Waals surface area (Å²) in [4.78, 5) is 17.4. The number of alkyl halides is 2. The van der Waals surface area contributed by atoms with Crippen molar-refractivity contribution in [2.45, 2.75) is 26.4 Å². The first-order valence-electron chi connectivity index (χ1n) is 10.1. The molecule has 0 fully saturated rings. The fourth-order valence-corrected chi connectivity index (χ4v) is 3.79. The zero-order valence-corrected chi connectivity index (χ0v) is 17.6. The fraction of sp³-hybridized carbons (Fsp3) is 0.208. The number of anilines is 1. The minimum atomic E-state index is -2.75. The van der Waals surface area contributed by atoms with Crippen molar-refractivity contribution in [1.29, 1.82) is 0 Å². The maximum Gasteiger partial charge on any atom is 0.282 e. The molecule has 0 aliphatic carbocycles. The number of aryl methyl sites for hydroxylation is 2. The van der Waals surface area contributed by atoms with Crippen LogP contribution in [0.5, 0.6) is 0 Å². The number of amides is 1. The van der Waals surface area contributed by atoms with Gasteiger partial charge in [-0.3, -0.25) is 14.5 Å². The highest BCUT2D eigenvalue weighted by molar-refractivity contribution is 6.03. The number of carbonyl (C=O) groups excluding carboxylic acids is 1. The Morgan fingerprint density at radius 2 is 1.84 bits per heavy atom. The number of nitrogens with zero attached hydrogens (tertiary/aromatic N) is 3. The van der Waals surface area contributed by atoms with Crippen molar-refractivity contribution in [3.05, 3.63) is 88.4 Å². The van der Waals surface area contributed by atoms with Gasteiger partial charge in [0.2, 0.25) is 0 Å². The molecule has 2 N–H and O–H groups in total. The lowest BCUT2D eigenvalue weighted by Crippen LogP contribution is -2.17. The van der Waals surface area contributed by atoms with Crippen molar-refractivity contribution in [3.8, 4) is 0 Å². The number of para-hydroxylation sites is 2. The average molecular weight is 436 g/mol. The predicted octanol–water partition coefficient (Wildman–Crippen LogP) is 4.55. The number of pyridine rings is 1. The zero-order valence-electron chi connectivity index (χ0n) is 17.6. The monoisotopic (exact) mass is 436 g/mol. The van der Waals surface area contributed by atoms with Crippen LogP contribution in [0.15, 0.2) is 54.6 Å². The molecule has 0 saturated heterocycles. The smallest absolute Gasteiger partial charge is 0.282 e. The second-order valence-electron chi connectivity index (χ2n) is 7.56. The van der Waals surface area contributed by atoms with Crippen molar-refractivity contribution in [3.63, 3.8) is 0 Å². The van der Waals surface area contributed by atoms with Crippen LogP contribution in [-0.2, 0) is 20.1 Å². The number of hydrogen-bond acceptors (Lipinski definition) is 4. The highest BCUT2D eigenvalue weighted by Gasteiger charge is 2.19. The van der Waals surface area contributed by atoms with Crippen LogP contribution in [0.4, 0.5) is 14.5 Å². The lowest BCUT2D eigenvalue weighted by atomic mass is 9.98. The summed E-state index contributed by atoms with van der Waals surface area (Å²) in [6.07, 6.45) is -2.26. The fourth-order valence-electron chi connectivity index (χ4n) is 3.79. The molecule has 0 saturated carbocycles. The van der Waals surface area contributed by atoms with Crippen LogP contribution in [0.1, 0.15) is 45.0 Å². The van der Waals surface area contributed by atoms with Gasteiger partial charge in [-0.15, -0.1) is 0 Å². The summed E-state index contributed by atoms with van der Waals surface area (Å²) in [5, 5.41) is 17.1. The summed E-state index contributed by atoms with van der Waals surface area (Å²) in [5.41, 5.74) is 4.38. The average Bonchev–Trinajstić information content (AvgIpc) is 3.17. The van der Waals surface area contributed by atoms with Crippen LogP contribution in [0.25, 0.3) is 10.9 Å². The van der Waals surface area contributed by atoms with Gasteiger partial charge in [-0.25, -0.2) is 8.78 Å². The van der Waals surface area contributed by atoms with Crippen LogP contribution in [0.3, 0.4) is 0 Å². The first-order chi connectivity index (χ1) is 15.4. The molecule has 4 rings (SSSR count). The van der Waals surface area contributed by atoms with Crippen LogP contribution >= 0.6 is 0 Å². The van der Waals surface area contributed by atoms with E-state index in [9.17, 15) is 18.7 Å². The maximum atomic E-state index is 12.9. The van der Waals surface area contributed by atoms with E-state index in [-0.39, 0.29) is 12.3 Å². The van der Waals surface area contributed by atoms with E-state index in [2.05, 4.69) is 15.4 Å². The van der Waals surface area contributed by atoms with E-state index >= 15 is 0 Å². The van der Waals surface area contributed by atoms with Gasteiger partial charge >= 0.3 is 0 Å². The Balaban J connectivity index is 1.67. The molecule has 2 heterocycles. The van der Waals surface area contributed by atoms with Crippen molar-refractivity contribution in [2.75, 3.05) is 5.32 Å². The molecule has 0 unspecified atom stereocenters. The minimum absolute atomic E-state index is 0.0464. The lowest BCUT2D eigenvalue weighted by Gasteiger charge is -2.14. The Morgan fingerprint density at radius 1 is 1.09 bits per heavy atom. The van der Waals surface area contributed by atoms with Crippen molar-refractivity contribution < 1.29 is 18.7 Å². The van der Waals surface area contributed by atoms with Gasteiger partial charge in [0, 0.05) is 30.2 Å². The Kier molecular flexibility index (Phi) is 5.96. The molecular weight excluding hydrogens is 414 g/mol. The van der Waals surface area contributed by atoms with E-state index in [0.29, 0.717) is 12.1 Å². The lowest BCUT2D eigenvalue weighted by molar-refractivity contribution is 0.101. The van der Waals surface area contributed by atoms with Gasteiger partial charge in [0.05, 0.1) is 12.1 Å². The zero-order chi connectivity index (χ0) is 22.8. The molecule has 0 atom stereocenters. The minimum Gasteiger partial charge on any atom is -0.392 e. The van der Waals surface area contributed by atoms with E-state index in [0.717, 1.165) is 44.0 Å². The SMILES string of the molecule is Cc1cc(CO)c2cccc(Cc3ccccc3NC(=O)c3cc(C(F)F)nn3C)c2n1. The van der Waals surface area contributed by atoms with Crippen LogP contribution < -0.4 is 5.32 Å². The van der Waals surface area contributed by atoms with Crippen molar-refractivity contribution in [1.82, 2.24) is 14.8 Å². The number of aliphatic hydroxyl groups excluding tert-OH is 1. The second kappa shape index (κ2) is 8.84. The number of halogens is 2. The molecule has 4 aromatic rings. The molecule has 0 bridgehead atoms. The first-order valence-corrected chi connectivity index (χ1v) is 10.1. The van der Waals surface area contributed by atoms with Gasteiger partial charge in [-0.2, -0.15) is 5.10 Å². The highest BCUT2D eigenvalue weighted by Crippen LogP contribution is 2.27. The summed E-state index contributed by atoms with van der Waals surface area (Å²) >= 11 is 0. The van der Waals surface area contributed by atoms with E-state index in [1.807, 2.05) is 43.3 Å². The molecule has 0 aliphatic rings. The molecule has 6 nitrogen and oxygen atoms in total. The molecule has 2 aromatic heterocycles. The third-order valence-corrected chi connectivity index (χ3v) is 5.31. The van der Waals surface area contributed by atoms with Gasteiger partial charge in [-0.1, -0.05) is 36.4 Å². The molecular formula is C24H22F2N4O2. The molecule has 0 spiro atoms. The highest BCUT2D eigenvalue weighted by atomic mass is 19.3. The molecule has 8 heteroatoms. The number of rotatable bonds is 6. The van der Waals surface area contributed by atoms with Gasteiger partial charge in [-0.05, 0) is 41.8 Å². The molecule has 0 aliphatic heterocycles. The summed E-state index contributed by atoms with van der Waals surface area (Å²) in [5.74, 6) is -0.520. The summed E-state index contributed by atoms with van der Waals surface area (Å²) in [7, 11) is 1.45. The van der Waals surface area contributed by atoms with Gasteiger partial charge < -0.3 is 10.4 Å². The van der Waals surface area contributed by atoms with E-state index in [1.165, 1.54) is 7.05 Å². The largest absolute Gasteiger partial charge is 0.392 e. The topological polar surface area (TPSA) is 80.0 Å². The molecule has 164 valence electrons. The normalized spacial score (nSPS) is 11.3. The Hall–Kier alpha value is -3.65. The Morgan fingerprint density at radius 3 is 2.56 bits per heavy atom. The number of aliphatic hydroxyl groups is 1. The third-order valence-electron chi connectivity index (χ3n) is 5.31. The van der Waals surface area contributed by atoms with Gasteiger partial charge in [0.25, 0.3) is 12.3 Å². The van der Waals surface area contributed by atoms with Crippen LogP contribution in [-0.4, -0.2) is 25.8 Å². The maximum absolute atomic E-state index is 12.9. The standard InChI is InChI=1S/C24H22F2N4O2/c1-14-10-17(13-31)18-8-5-7-16(22(18)27-14)11-15-6-3-4-9-19(15)28-24(32)21-12-20(23(25)26)29-30(21)2/h3-10,12,23,31H,11,13H2,1-2H3,(H,28,32). The number of aromatic nitrogens is 3. The first kappa shape index (κ1) is 21.6. The third kappa shape index (κ3) is 4.22.